The van der Waals surface area contributed by atoms with E-state index in [0.717, 1.165) is 21.3 Å². The molecule has 1 aromatic carbocycles. The fraction of sp³-hybridized carbons (Fsp3) is 0.333. The van der Waals surface area contributed by atoms with Gasteiger partial charge in [-0.1, -0.05) is 15.9 Å². The second-order valence-corrected chi connectivity index (χ2v) is 3.72. The number of methoxy groups -OCH3 is 1. The first-order valence-electron chi connectivity index (χ1n) is 3.58. The zero-order valence-corrected chi connectivity index (χ0v) is 9.37. The molecule has 0 fully saturated rings. The Bertz CT molecular complexity index is 286. The molecule has 1 nitrogen and oxygen atoms in total. The minimum Gasteiger partial charge on any atom is -0.496 e. The average Bonchev–Trinajstić information content (AvgIpc) is 2.03. The van der Waals surface area contributed by atoms with Crippen molar-refractivity contribution in [1.82, 2.24) is 0 Å². The molecule has 0 unspecified atom stereocenters. The zero-order chi connectivity index (χ0) is 9.14. The first-order valence-corrected chi connectivity index (χ1v) is 4.90. The number of ether oxygens (including phenoxy) is 1. The Kier molecular flexibility index (Phi) is 3.41. The first kappa shape index (κ1) is 9.87. The van der Waals surface area contributed by atoms with E-state index in [4.69, 9.17) is 16.3 Å². The molecule has 0 N–H and O–H groups in total. The third-order valence-electron chi connectivity index (χ3n) is 1.75. The maximum atomic E-state index is 5.77. The lowest BCUT2D eigenvalue weighted by Gasteiger charge is -2.09. The summed E-state index contributed by atoms with van der Waals surface area (Å²) in [6, 6.07) is 3.95. The van der Waals surface area contributed by atoms with Crippen LogP contribution in [0.25, 0.3) is 0 Å². The second-order valence-electron chi connectivity index (χ2n) is 2.54. The molecule has 12 heavy (non-hydrogen) atoms. The number of halogens is 2. The number of rotatable bonds is 2. The molecule has 0 amide bonds. The summed E-state index contributed by atoms with van der Waals surface area (Å²) in [5.74, 6) is 1.33. The number of alkyl halides is 1. The van der Waals surface area contributed by atoms with E-state index in [0.29, 0.717) is 5.88 Å². The molecule has 1 rings (SSSR count). The molecule has 0 aliphatic carbocycles. The van der Waals surface area contributed by atoms with Crippen molar-refractivity contribution in [2.75, 3.05) is 7.11 Å². The van der Waals surface area contributed by atoms with Crippen molar-refractivity contribution in [2.24, 2.45) is 0 Å². The van der Waals surface area contributed by atoms with Crippen LogP contribution in [0.4, 0.5) is 0 Å². The van der Waals surface area contributed by atoms with Crippen molar-refractivity contribution in [1.29, 1.82) is 0 Å². The van der Waals surface area contributed by atoms with Gasteiger partial charge in [0.15, 0.2) is 0 Å². The molecule has 0 aliphatic rings. The molecular formula is C9H10BrClO. The van der Waals surface area contributed by atoms with Crippen LogP contribution in [0.1, 0.15) is 11.1 Å². The van der Waals surface area contributed by atoms with Crippen molar-refractivity contribution in [3.8, 4) is 5.75 Å². The quantitative estimate of drug-likeness (QED) is 0.729. The minimum atomic E-state index is 0.488. The predicted octanol–water partition coefficient (Wildman–Crippen LogP) is 3.50. The van der Waals surface area contributed by atoms with Gasteiger partial charge < -0.3 is 4.74 Å². The molecule has 3 heteroatoms. The second kappa shape index (κ2) is 4.15. The van der Waals surface area contributed by atoms with Crippen LogP contribution in [0.2, 0.25) is 0 Å². The lowest BCUT2D eigenvalue weighted by Crippen LogP contribution is -1.92. The Hall–Kier alpha value is -0.210. The van der Waals surface area contributed by atoms with Crippen molar-refractivity contribution in [3.63, 3.8) is 0 Å². The van der Waals surface area contributed by atoms with Crippen molar-refractivity contribution < 1.29 is 4.74 Å². The summed E-state index contributed by atoms with van der Waals surface area (Å²) in [7, 11) is 1.65. The summed E-state index contributed by atoms with van der Waals surface area (Å²) < 4.78 is 6.20. The van der Waals surface area contributed by atoms with Gasteiger partial charge in [-0.15, -0.1) is 11.6 Å². The molecule has 0 saturated heterocycles. The first-order chi connectivity index (χ1) is 5.69. The molecular weight excluding hydrogens is 239 g/mol. The van der Waals surface area contributed by atoms with E-state index in [1.807, 2.05) is 19.1 Å². The Morgan fingerprint density at radius 2 is 2.17 bits per heavy atom. The van der Waals surface area contributed by atoms with E-state index in [2.05, 4.69) is 15.9 Å². The van der Waals surface area contributed by atoms with Gasteiger partial charge in [0.25, 0.3) is 0 Å². The van der Waals surface area contributed by atoms with Crippen molar-refractivity contribution in [3.05, 3.63) is 27.7 Å². The standard InChI is InChI=1S/C9H10BrClO/c1-6-3-7(10)4-9(12-2)8(6)5-11/h3-4H,5H2,1-2H3. The van der Waals surface area contributed by atoms with E-state index >= 15 is 0 Å². The zero-order valence-electron chi connectivity index (χ0n) is 7.03. The fourth-order valence-corrected chi connectivity index (χ4v) is 1.99. The summed E-state index contributed by atoms with van der Waals surface area (Å²) >= 11 is 9.17. The highest BCUT2D eigenvalue weighted by Crippen LogP contribution is 2.28. The molecule has 0 saturated carbocycles. The van der Waals surface area contributed by atoms with Crippen LogP contribution in [0, 0.1) is 6.92 Å². The molecule has 1 aromatic rings. The van der Waals surface area contributed by atoms with Gasteiger partial charge >= 0.3 is 0 Å². The third kappa shape index (κ3) is 1.93. The smallest absolute Gasteiger partial charge is 0.124 e. The van der Waals surface area contributed by atoms with Gasteiger partial charge in [-0.25, -0.2) is 0 Å². The Morgan fingerprint density at radius 1 is 1.50 bits per heavy atom. The number of hydrogen-bond donors (Lipinski definition) is 0. The maximum absolute atomic E-state index is 5.77. The van der Waals surface area contributed by atoms with Gasteiger partial charge in [0.1, 0.15) is 5.75 Å². The van der Waals surface area contributed by atoms with Crippen molar-refractivity contribution in [2.45, 2.75) is 12.8 Å². The molecule has 0 bridgehead atoms. The Balaban J connectivity index is 3.24. The van der Waals surface area contributed by atoms with Gasteiger partial charge in [-0.2, -0.15) is 0 Å². The van der Waals surface area contributed by atoms with E-state index < -0.39 is 0 Å². The average molecular weight is 250 g/mol. The monoisotopic (exact) mass is 248 g/mol. The van der Waals surface area contributed by atoms with Crippen molar-refractivity contribution >= 4 is 27.5 Å². The third-order valence-corrected chi connectivity index (χ3v) is 2.48. The molecule has 66 valence electrons. The van der Waals surface area contributed by atoms with Gasteiger partial charge in [0, 0.05) is 10.0 Å². The van der Waals surface area contributed by atoms with Crippen LogP contribution >= 0.6 is 27.5 Å². The van der Waals surface area contributed by atoms with E-state index in [1.54, 1.807) is 7.11 Å². The van der Waals surface area contributed by atoms with E-state index in [1.165, 1.54) is 0 Å². The summed E-state index contributed by atoms with van der Waals surface area (Å²) in [4.78, 5) is 0. The fourth-order valence-electron chi connectivity index (χ4n) is 1.10. The molecule has 0 aliphatic heterocycles. The van der Waals surface area contributed by atoms with Crippen LogP contribution in [-0.4, -0.2) is 7.11 Å². The molecule has 0 heterocycles. The lowest BCUT2D eigenvalue weighted by atomic mass is 10.1. The molecule has 0 radical (unpaired) electrons. The summed E-state index contributed by atoms with van der Waals surface area (Å²) in [5.41, 5.74) is 2.21. The maximum Gasteiger partial charge on any atom is 0.124 e. The molecule has 0 atom stereocenters. The van der Waals surface area contributed by atoms with Gasteiger partial charge in [-0.05, 0) is 24.6 Å². The molecule has 0 aromatic heterocycles. The normalized spacial score (nSPS) is 10.0. The molecule has 0 spiro atoms. The van der Waals surface area contributed by atoms with Crippen LogP contribution < -0.4 is 4.74 Å². The number of aryl methyl sites for hydroxylation is 1. The van der Waals surface area contributed by atoms with Gasteiger partial charge in [0.2, 0.25) is 0 Å². The van der Waals surface area contributed by atoms with E-state index in [9.17, 15) is 0 Å². The minimum absolute atomic E-state index is 0.488. The lowest BCUT2D eigenvalue weighted by molar-refractivity contribution is 0.410. The van der Waals surface area contributed by atoms with E-state index in [-0.39, 0.29) is 0 Å². The van der Waals surface area contributed by atoms with Gasteiger partial charge in [0.05, 0.1) is 13.0 Å². The van der Waals surface area contributed by atoms with Gasteiger partial charge in [-0.3, -0.25) is 0 Å². The SMILES string of the molecule is COc1cc(Br)cc(C)c1CCl. The highest BCUT2D eigenvalue weighted by molar-refractivity contribution is 9.10. The largest absolute Gasteiger partial charge is 0.496 e. The summed E-state index contributed by atoms with van der Waals surface area (Å²) in [5, 5.41) is 0. The number of benzene rings is 1. The Labute approximate surface area is 85.8 Å². The highest BCUT2D eigenvalue weighted by Gasteiger charge is 2.05. The van der Waals surface area contributed by atoms with Crippen LogP contribution in [0.5, 0.6) is 5.75 Å². The Morgan fingerprint density at radius 3 is 2.67 bits per heavy atom. The predicted molar refractivity (Wildman–Crippen MR) is 55.0 cm³/mol. The topological polar surface area (TPSA) is 9.23 Å². The summed E-state index contributed by atoms with van der Waals surface area (Å²) in [6.07, 6.45) is 0. The summed E-state index contributed by atoms with van der Waals surface area (Å²) in [6.45, 7) is 2.02. The number of hydrogen-bond acceptors (Lipinski definition) is 1. The van der Waals surface area contributed by atoms with Crippen LogP contribution in [0.3, 0.4) is 0 Å². The van der Waals surface area contributed by atoms with Crippen LogP contribution in [-0.2, 0) is 5.88 Å². The highest BCUT2D eigenvalue weighted by atomic mass is 79.9. The van der Waals surface area contributed by atoms with Crippen LogP contribution in [0.15, 0.2) is 16.6 Å².